The third-order valence-corrected chi connectivity index (χ3v) is 5.68. The highest BCUT2D eigenvalue weighted by molar-refractivity contribution is 6.35. The van der Waals surface area contributed by atoms with Crippen LogP contribution in [0, 0.1) is 13.8 Å². The topological polar surface area (TPSA) is 153 Å². The second kappa shape index (κ2) is 8.27. The first-order chi connectivity index (χ1) is 16.3. The van der Waals surface area contributed by atoms with Crippen LogP contribution in [0.2, 0.25) is 5.02 Å². The molecule has 1 atom stereocenters. The molecule has 0 aliphatic heterocycles. The smallest absolute Gasteiger partial charge is 0.266 e. The summed E-state index contributed by atoms with van der Waals surface area (Å²) in [5.74, 6) is 1.65. The summed E-state index contributed by atoms with van der Waals surface area (Å²) in [4.78, 5) is 26.2. The highest BCUT2D eigenvalue weighted by Gasteiger charge is 2.23. The fourth-order valence-electron chi connectivity index (χ4n) is 3.81. The average molecular weight is 478 g/mol. The van der Waals surface area contributed by atoms with Crippen molar-refractivity contribution in [3.05, 3.63) is 69.2 Å². The quantitative estimate of drug-likeness (QED) is 0.344. The van der Waals surface area contributed by atoms with E-state index in [0.717, 1.165) is 5.69 Å². The Morgan fingerprint density at radius 1 is 1.24 bits per heavy atom. The highest BCUT2D eigenvalue weighted by Crippen LogP contribution is 2.32. The number of nitrogens with two attached hydrogens (primary N) is 1. The number of anilines is 2. The first kappa shape index (κ1) is 21.6. The summed E-state index contributed by atoms with van der Waals surface area (Å²) in [5, 5.41) is 15.8. The number of nitrogens with zero attached hydrogens (tertiary/aromatic N) is 6. The number of aromatic amines is 1. The van der Waals surface area contributed by atoms with Crippen LogP contribution in [0.15, 0.2) is 46.0 Å². The number of pyridine rings is 1. The molecule has 34 heavy (non-hydrogen) atoms. The fourth-order valence-corrected chi connectivity index (χ4v) is 4.07. The van der Waals surface area contributed by atoms with E-state index in [1.54, 1.807) is 25.1 Å². The van der Waals surface area contributed by atoms with E-state index in [9.17, 15) is 4.79 Å². The summed E-state index contributed by atoms with van der Waals surface area (Å²) in [6, 6.07) is 8.59. The predicted molar refractivity (Wildman–Crippen MR) is 128 cm³/mol. The number of hydrogen-bond acceptors (Lipinski definition) is 9. The number of hydrogen-bond donors (Lipinski definition) is 3. The Labute approximate surface area is 198 Å². The Morgan fingerprint density at radius 3 is 2.76 bits per heavy atom. The lowest BCUT2D eigenvalue weighted by Gasteiger charge is -2.21. The van der Waals surface area contributed by atoms with Gasteiger partial charge in [0.15, 0.2) is 11.6 Å². The second-order valence-electron chi connectivity index (χ2n) is 7.82. The SMILES string of the molecule is Cc1noc(-c2c(N)ncnc2N[C@@H](C)c2cc3cccc(Cl)c3c(=O)n2-c2cc(C)[nH]n2)n1. The van der Waals surface area contributed by atoms with Gasteiger partial charge < -0.3 is 15.6 Å². The van der Waals surface area contributed by atoms with E-state index >= 15 is 0 Å². The molecule has 1 aromatic carbocycles. The Hall–Kier alpha value is -4.25. The van der Waals surface area contributed by atoms with Crippen LogP contribution in [0.25, 0.3) is 28.0 Å². The van der Waals surface area contributed by atoms with Gasteiger partial charge in [-0.15, -0.1) is 0 Å². The van der Waals surface area contributed by atoms with Crippen molar-refractivity contribution in [3.63, 3.8) is 0 Å². The molecule has 0 unspecified atom stereocenters. The minimum absolute atomic E-state index is 0.180. The van der Waals surface area contributed by atoms with E-state index in [0.29, 0.717) is 44.5 Å². The van der Waals surface area contributed by atoms with Gasteiger partial charge in [-0.1, -0.05) is 28.9 Å². The number of aryl methyl sites for hydroxylation is 2. The van der Waals surface area contributed by atoms with Gasteiger partial charge in [0, 0.05) is 11.8 Å². The van der Waals surface area contributed by atoms with Crippen molar-refractivity contribution in [2.45, 2.75) is 26.8 Å². The van der Waals surface area contributed by atoms with Crippen LogP contribution in [0.5, 0.6) is 0 Å². The van der Waals surface area contributed by atoms with Gasteiger partial charge in [-0.25, -0.2) is 9.97 Å². The largest absolute Gasteiger partial charge is 0.383 e. The molecule has 0 saturated heterocycles. The number of H-pyrrole nitrogens is 1. The van der Waals surface area contributed by atoms with Crippen molar-refractivity contribution in [1.82, 2.24) is 34.9 Å². The van der Waals surface area contributed by atoms with Gasteiger partial charge in [-0.3, -0.25) is 14.5 Å². The molecule has 0 aliphatic carbocycles. The van der Waals surface area contributed by atoms with Crippen LogP contribution < -0.4 is 16.6 Å². The molecule has 0 aliphatic rings. The third kappa shape index (κ3) is 3.65. The maximum atomic E-state index is 13.6. The molecule has 0 saturated carbocycles. The van der Waals surface area contributed by atoms with Crippen molar-refractivity contribution in [1.29, 1.82) is 0 Å². The lowest BCUT2D eigenvalue weighted by Crippen LogP contribution is -2.26. The van der Waals surface area contributed by atoms with Crippen molar-refractivity contribution >= 4 is 34.0 Å². The van der Waals surface area contributed by atoms with Gasteiger partial charge >= 0.3 is 0 Å². The van der Waals surface area contributed by atoms with Gasteiger partial charge in [-0.05, 0) is 38.3 Å². The summed E-state index contributed by atoms with van der Waals surface area (Å²) >= 11 is 6.39. The van der Waals surface area contributed by atoms with E-state index in [1.807, 2.05) is 26.0 Å². The standard InChI is InChI=1S/C22H20ClN9O2/c1-10-7-16(30-29-10)32-15(8-13-5-4-6-14(23)17(13)22(32)33)11(2)27-20-18(19(24)25-9-26-20)21-28-12(3)31-34-21/h4-9,11H,1-3H3,(H,29,30)(H3,24,25,26,27)/t11-/m0/s1. The zero-order chi connectivity index (χ0) is 24.0. The maximum Gasteiger partial charge on any atom is 0.266 e. The molecule has 0 fully saturated rings. The molecule has 4 heterocycles. The molecule has 4 aromatic heterocycles. The number of benzene rings is 1. The monoisotopic (exact) mass is 477 g/mol. The molecular weight excluding hydrogens is 458 g/mol. The summed E-state index contributed by atoms with van der Waals surface area (Å²) in [7, 11) is 0. The summed E-state index contributed by atoms with van der Waals surface area (Å²) < 4.78 is 6.82. The molecule has 11 nitrogen and oxygen atoms in total. The number of nitrogen functional groups attached to an aromatic ring is 1. The van der Waals surface area contributed by atoms with Crippen LogP contribution in [-0.2, 0) is 0 Å². The number of aromatic nitrogens is 7. The van der Waals surface area contributed by atoms with Crippen molar-refractivity contribution in [3.8, 4) is 17.3 Å². The lowest BCUT2D eigenvalue weighted by atomic mass is 10.1. The number of nitrogens with one attached hydrogen (secondary N) is 2. The predicted octanol–water partition coefficient (Wildman–Crippen LogP) is 3.58. The number of fused-ring (bicyclic) bond motifs is 1. The van der Waals surface area contributed by atoms with E-state index < -0.39 is 6.04 Å². The molecule has 12 heteroatoms. The normalized spacial score (nSPS) is 12.2. The highest BCUT2D eigenvalue weighted by atomic mass is 35.5. The molecule has 5 rings (SSSR count). The summed E-state index contributed by atoms with van der Waals surface area (Å²) in [6.07, 6.45) is 1.33. The molecule has 5 aromatic rings. The Balaban J connectivity index is 1.67. The Morgan fingerprint density at radius 2 is 2.06 bits per heavy atom. The number of halogens is 1. The van der Waals surface area contributed by atoms with Gasteiger partial charge in [0.25, 0.3) is 11.4 Å². The minimum atomic E-state index is -0.426. The zero-order valence-electron chi connectivity index (χ0n) is 18.5. The van der Waals surface area contributed by atoms with E-state index in [1.165, 1.54) is 10.9 Å². The Bertz CT molecular complexity index is 1590. The molecule has 4 N–H and O–H groups in total. The molecular formula is C22H20ClN9O2. The van der Waals surface area contributed by atoms with Gasteiger partial charge in [-0.2, -0.15) is 10.1 Å². The van der Waals surface area contributed by atoms with Gasteiger partial charge in [0.2, 0.25) is 0 Å². The van der Waals surface area contributed by atoms with Gasteiger partial charge in [0.1, 0.15) is 23.5 Å². The summed E-state index contributed by atoms with van der Waals surface area (Å²) in [6.45, 7) is 5.45. The molecule has 0 radical (unpaired) electrons. The van der Waals surface area contributed by atoms with Crippen LogP contribution in [0.4, 0.5) is 11.6 Å². The van der Waals surface area contributed by atoms with Crippen molar-refractivity contribution in [2.24, 2.45) is 0 Å². The number of rotatable bonds is 5. The van der Waals surface area contributed by atoms with Crippen molar-refractivity contribution < 1.29 is 4.52 Å². The van der Waals surface area contributed by atoms with Crippen LogP contribution in [0.1, 0.15) is 30.2 Å². The fraction of sp³-hybridized carbons (Fsp3) is 0.182. The molecule has 172 valence electrons. The van der Waals surface area contributed by atoms with E-state index in [4.69, 9.17) is 21.9 Å². The first-order valence-electron chi connectivity index (χ1n) is 10.4. The van der Waals surface area contributed by atoms with Crippen molar-refractivity contribution in [2.75, 3.05) is 11.1 Å². The van der Waals surface area contributed by atoms with Crippen LogP contribution in [-0.4, -0.2) is 34.9 Å². The zero-order valence-corrected chi connectivity index (χ0v) is 19.3. The van der Waals surface area contributed by atoms with Crippen LogP contribution >= 0.6 is 11.6 Å². The third-order valence-electron chi connectivity index (χ3n) is 5.36. The maximum absolute atomic E-state index is 13.6. The van der Waals surface area contributed by atoms with Gasteiger partial charge in [0.05, 0.1) is 22.1 Å². The molecule has 0 bridgehead atoms. The van der Waals surface area contributed by atoms with E-state index in [2.05, 4.69) is 35.6 Å². The molecule has 0 amide bonds. The molecule has 0 spiro atoms. The first-order valence-corrected chi connectivity index (χ1v) is 10.8. The summed E-state index contributed by atoms with van der Waals surface area (Å²) in [5.41, 5.74) is 7.65. The lowest BCUT2D eigenvalue weighted by molar-refractivity contribution is 0.425. The average Bonchev–Trinajstić information content (AvgIpc) is 3.41. The Kier molecular flexibility index (Phi) is 5.25. The van der Waals surface area contributed by atoms with Crippen LogP contribution in [0.3, 0.4) is 0 Å². The van der Waals surface area contributed by atoms with E-state index in [-0.39, 0.29) is 17.3 Å². The minimum Gasteiger partial charge on any atom is -0.383 e. The second-order valence-corrected chi connectivity index (χ2v) is 8.23.